The number of rotatable bonds is 4. The highest BCUT2D eigenvalue weighted by atomic mass is 16.5. The van der Waals surface area contributed by atoms with Gasteiger partial charge in [-0.15, -0.1) is 0 Å². The largest absolute Gasteiger partial charge is 0.480 e. The summed E-state index contributed by atoms with van der Waals surface area (Å²) in [6.07, 6.45) is 1.47. The second kappa shape index (κ2) is 6.21. The number of carboxylic acids is 1. The molecule has 0 saturated carbocycles. The lowest BCUT2D eigenvalue weighted by Gasteiger charge is -2.34. The van der Waals surface area contributed by atoms with E-state index in [4.69, 9.17) is 9.84 Å². The number of ether oxygens (including phenoxy) is 1. The molecule has 1 atom stereocenters. The van der Waals surface area contributed by atoms with Crippen molar-refractivity contribution in [2.24, 2.45) is 5.92 Å². The lowest BCUT2D eigenvalue weighted by molar-refractivity contribution is -0.149. The third-order valence-corrected chi connectivity index (χ3v) is 3.91. The Bertz CT molecular complexity index is 406. The first kappa shape index (κ1) is 14.8. The second-order valence-corrected chi connectivity index (χ2v) is 5.38. The monoisotopic (exact) mass is 284 g/mol. The molecule has 2 aliphatic rings. The van der Waals surface area contributed by atoms with Gasteiger partial charge in [0.05, 0.1) is 5.92 Å². The molecule has 2 rings (SSSR count). The molecule has 0 aromatic carbocycles. The molecule has 0 radical (unpaired) electrons. The molecule has 2 fully saturated rings. The minimum absolute atomic E-state index is 0.0643. The fourth-order valence-corrected chi connectivity index (χ4v) is 2.79. The fraction of sp³-hybridized carbons (Fsp3) is 0.769. The summed E-state index contributed by atoms with van der Waals surface area (Å²) in [5, 5.41) is 9.01. The average molecular weight is 284 g/mol. The lowest BCUT2D eigenvalue weighted by atomic mass is 10.0. The molecular weight excluding hydrogens is 264 g/mol. The highest BCUT2D eigenvalue weighted by Crippen LogP contribution is 2.22. The minimum Gasteiger partial charge on any atom is -0.480 e. The zero-order valence-electron chi connectivity index (χ0n) is 11.6. The van der Waals surface area contributed by atoms with Crippen LogP contribution in [0.5, 0.6) is 0 Å². The van der Waals surface area contributed by atoms with E-state index in [1.807, 2.05) is 0 Å². The number of carbonyl (C=O) groups is 3. The predicted molar refractivity (Wildman–Crippen MR) is 68.9 cm³/mol. The molecule has 112 valence electrons. The highest BCUT2D eigenvalue weighted by Gasteiger charge is 2.37. The summed E-state index contributed by atoms with van der Waals surface area (Å²) in [6, 6.07) is -0.103. The van der Waals surface area contributed by atoms with Crippen molar-refractivity contribution in [1.29, 1.82) is 0 Å². The number of aliphatic carboxylic acids is 1. The maximum absolute atomic E-state index is 12.5. The molecule has 2 saturated heterocycles. The smallest absolute Gasteiger partial charge is 0.323 e. The zero-order chi connectivity index (χ0) is 14.7. The van der Waals surface area contributed by atoms with Gasteiger partial charge in [0, 0.05) is 39.3 Å². The Hall–Kier alpha value is -1.63. The number of likely N-dealkylation sites (tertiary alicyclic amines) is 1. The normalized spacial score (nSPS) is 23.9. The Morgan fingerprint density at radius 2 is 2.05 bits per heavy atom. The molecule has 0 aromatic rings. The van der Waals surface area contributed by atoms with Crippen LogP contribution in [-0.2, 0) is 19.1 Å². The van der Waals surface area contributed by atoms with Crippen LogP contribution in [0.4, 0.5) is 0 Å². The van der Waals surface area contributed by atoms with Crippen molar-refractivity contribution in [1.82, 2.24) is 9.80 Å². The molecule has 7 nitrogen and oxygen atoms in total. The van der Waals surface area contributed by atoms with Crippen molar-refractivity contribution in [3.8, 4) is 0 Å². The van der Waals surface area contributed by atoms with Crippen molar-refractivity contribution in [3.05, 3.63) is 0 Å². The van der Waals surface area contributed by atoms with Crippen LogP contribution >= 0.6 is 0 Å². The summed E-state index contributed by atoms with van der Waals surface area (Å²) in [6.45, 7) is 1.14. The van der Waals surface area contributed by atoms with Crippen LogP contribution in [0.2, 0.25) is 0 Å². The van der Waals surface area contributed by atoms with Crippen molar-refractivity contribution < 1.29 is 24.2 Å². The number of amides is 2. The van der Waals surface area contributed by atoms with Gasteiger partial charge in [0.2, 0.25) is 11.8 Å². The van der Waals surface area contributed by atoms with Crippen LogP contribution < -0.4 is 0 Å². The molecule has 1 unspecified atom stereocenters. The Morgan fingerprint density at radius 1 is 1.40 bits per heavy atom. The minimum atomic E-state index is -1.03. The topological polar surface area (TPSA) is 87.2 Å². The zero-order valence-corrected chi connectivity index (χ0v) is 11.6. The van der Waals surface area contributed by atoms with E-state index in [2.05, 4.69) is 0 Å². The molecule has 2 heterocycles. The fourth-order valence-electron chi connectivity index (χ4n) is 2.79. The number of hydrogen-bond acceptors (Lipinski definition) is 4. The van der Waals surface area contributed by atoms with Crippen molar-refractivity contribution in [3.63, 3.8) is 0 Å². The lowest BCUT2D eigenvalue weighted by Crippen LogP contribution is -2.48. The van der Waals surface area contributed by atoms with Gasteiger partial charge in [-0.1, -0.05) is 0 Å². The standard InChI is InChI=1S/C13H20N2O5/c1-14-7-9(6-11(14)16)13(19)15(8-12(17)18)10-2-4-20-5-3-10/h9-10H,2-8H2,1H3,(H,17,18). The summed E-state index contributed by atoms with van der Waals surface area (Å²) in [5.41, 5.74) is 0. The maximum atomic E-state index is 12.5. The average Bonchev–Trinajstić information content (AvgIpc) is 2.76. The molecule has 2 amide bonds. The van der Waals surface area contributed by atoms with Crippen LogP contribution in [0.1, 0.15) is 19.3 Å². The van der Waals surface area contributed by atoms with E-state index in [9.17, 15) is 14.4 Å². The molecule has 7 heteroatoms. The van der Waals surface area contributed by atoms with Crippen LogP contribution in [0.15, 0.2) is 0 Å². The van der Waals surface area contributed by atoms with E-state index in [0.717, 1.165) is 0 Å². The third kappa shape index (κ3) is 3.27. The van der Waals surface area contributed by atoms with Gasteiger partial charge >= 0.3 is 5.97 Å². The van der Waals surface area contributed by atoms with Gasteiger partial charge in [0.1, 0.15) is 6.54 Å². The Balaban J connectivity index is 2.07. The van der Waals surface area contributed by atoms with E-state index in [-0.39, 0.29) is 30.8 Å². The molecule has 1 N–H and O–H groups in total. The Morgan fingerprint density at radius 3 is 2.55 bits per heavy atom. The molecule has 0 aromatic heterocycles. The first-order valence-electron chi connectivity index (χ1n) is 6.83. The number of hydrogen-bond donors (Lipinski definition) is 1. The molecule has 20 heavy (non-hydrogen) atoms. The van der Waals surface area contributed by atoms with Crippen LogP contribution in [0.25, 0.3) is 0 Å². The Kier molecular flexibility index (Phi) is 4.59. The SMILES string of the molecule is CN1CC(C(=O)N(CC(=O)O)C2CCOCC2)CC1=O. The molecule has 2 aliphatic heterocycles. The summed E-state index contributed by atoms with van der Waals surface area (Å²) >= 11 is 0. The molecule has 0 aliphatic carbocycles. The van der Waals surface area contributed by atoms with Crippen LogP contribution in [0, 0.1) is 5.92 Å². The highest BCUT2D eigenvalue weighted by molar-refractivity contribution is 5.90. The van der Waals surface area contributed by atoms with Gasteiger partial charge in [0.15, 0.2) is 0 Å². The van der Waals surface area contributed by atoms with Crippen LogP contribution in [-0.4, -0.2) is 72.1 Å². The number of nitrogens with zero attached hydrogens (tertiary/aromatic N) is 2. The quantitative estimate of drug-likeness (QED) is 0.756. The third-order valence-electron chi connectivity index (χ3n) is 3.91. The summed E-state index contributed by atoms with van der Waals surface area (Å²) in [7, 11) is 1.66. The summed E-state index contributed by atoms with van der Waals surface area (Å²) < 4.78 is 5.25. The van der Waals surface area contributed by atoms with E-state index in [1.54, 1.807) is 7.05 Å². The van der Waals surface area contributed by atoms with Gasteiger partial charge in [-0.05, 0) is 12.8 Å². The number of carbonyl (C=O) groups excluding carboxylic acids is 2. The maximum Gasteiger partial charge on any atom is 0.323 e. The Labute approximate surface area is 117 Å². The second-order valence-electron chi connectivity index (χ2n) is 5.38. The first-order chi connectivity index (χ1) is 9.49. The predicted octanol–water partition coefficient (Wildman–Crippen LogP) is -0.443. The van der Waals surface area contributed by atoms with Gasteiger partial charge in [0.25, 0.3) is 0 Å². The van der Waals surface area contributed by atoms with Crippen LogP contribution in [0.3, 0.4) is 0 Å². The van der Waals surface area contributed by atoms with Crippen molar-refractivity contribution >= 4 is 17.8 Å². The van der Waals surface area contributed by atoms with Crippen molar-refractivity contribution in [2.45, 2.75) is 25.3 Å². The molecular formula is C13H20N2O5. The van der Waals surface area contributed by atoms with E-state index >= 15 is 0 Å². The van der Waals surface area contributed by atoms with Gasteiger partial charge in [-0.3, -0.25) is 14.4 Å². The van der Waals surface area contributed by atoms with Gasteiger partial charge < -0.3 is 19.6 Å². The van der Waals surface area contributed by atoms with Crippen molar-refractivity contribution in [2.75, 3.05) is 33.4 Å². The summed E-state index contributed by atoms with van der Waals surface area (Å²) in [4.78, 5) is 38.0. The molecule has 0 spiro atoms. The van der Waals surface area contributed by atoms with E-state index < -0.39 is 11.9 Å². The number of carboxylic acid groups (broad SMARTS) is 1. The van der Waals surface area contributed by atoms with E-state index in [1.165, 1.54) is 9.80 Å². The molecule has 0 bridgehead atoms. The van der Waals surface area contributed by atoms with Gasteiger partial charge in [-0.2, -0.15) is 0 Å². The van der Waals surface area contributed by atoms with E-state index in [0.29, 0.717) is 32.6 Å². The summed E-state index contributed by atoms with van der Waals surface area (Å²) in [5.74, 6) is -1.74. The first-order valence-corrected chi connectivity index (χ1v) is 6.83. The van der Waals surface area contributed by atoms with Gasteiger partial charge in [-0.25, -0.2) is 0 Å².